The van der Waals surface area contributed by atoms with Crippen molar-refractivity contribution in [3.05, 3.63) is 101 Å². The number of nitrogens with two attached hydrogens (primary N) is 1. The Hall–Kier alpha value is -3.62. The Kier molecular flexibility index (Phi) is 11.4. The highest BCUT2D eigenvalue weighted by molar-refractivity contribution is 5.90. The number of rotatable bonds is 14. The standard InChI is InChI=1S/C30H35F2N3O3/c1-2-21-8-6-9-22(14-21)19-34-20-28(27(33)17-23-15-24(31)18-25(32)16-23)38-30(37)13-7-12-29(36)35-26-10-4-3-5-11-26/h3-6,8-11,14-16,18,27-28,34H,2,7,12-13,17,19-20,33H2,1H3,(H,35,36). The summed E-state index contributed by atoms with van der Waals surface area (Å²) in [5.74, 6) is -2.06. The molecule has 0 saturated carbocycles. The van der Waals surface area contributed by atoms with Crippen LogP contribution < -0.4 is 16.4 Å². The molecule has 202 valence electrons. The quantitative estimate of drug-likeness (QED) is 0.261. The van der Waals surface area contributed by atoms with E-state index in [0.717, 1.165) is 18.1 Å². The zero-order valence-electron chi connectivity index (χ0n) is 21.6. The van der Waals surface area contributed by atoms with E-state index in [1.807, 2.05) is 30.3 Å². The molecular weight excluding hydrogens is 488 g/mol. The summed E-state index contributed by atoms with van der Waals surface area (Å²) in [6.07, 6.45) is 0.826. The van der Waals surface area contributed by atoms with Crippen molar-refractivity contribution < 1.29 is 23.1 Å². The van der Waals surface area contributed by atoms with Crippen LogP contribution in [0.2, 0.25) is 0 Å². The number of halogens is 2. The molecule has 0 saturated heterocycles. The Balaban J connectivity index is 1.55. The lowest BCUT2D eigenvalue weighted by Gasteiger charge is -2.25. The summed E-state index contributed by atoms with van der Waals surface area (Å²) in [6.45, 7) is 2.89. The fourth-order valence-corrected chi connectivity index (χ4v) is 4.10. The molecule has 2 atom stereocenters. The van der Waals surface area contributed by atoms with Gasteiger partial charge < -0.3 is 21.1 Å². The normalized spacial score (nSPS) is 12.5. The fraction of sp³-hybridized carbons (Fsp3) is 0.333. The van der Waals surface area contributed by atoms with Crippen LogP contribution in [-0.2, 0) is 33.7 Å². The second-order valence-electron chi connectivity index (χ2n) is 9.25. The number of nitrogens with one attached hydrogen (secondary N) is 2. The summed E-state index contributed by atoms with van der Waals surface area (Å²) >= 11 is 0. The molecule has 0 aliphatic rings. The van der Waals surface area contributed by atoms with Crippen molar-refractivity contribution in [2.45, 2.75) is 57.7 Å². The molecule has 8 heteroatoms. The van der Waals surface area contributed by atoms with Gasteiger partial charge in [0.15, 0.2) is 0 Å². The Morgan fingerprint density at radius 2 is 1.61 bits per heavy atom. The first-order chi connectivity index (χ1) is 18.3. The van der Waals surface area contributed by atoms with Crippen LogP contribution in [0.5, 0.6) is 0 Å². The molecule has 3 rings (SSSR count). The molecule has 0 spiro atoms. The van der Waals surface area contributed by atoms with E-state index in [4.69, 9.17) is 10.5 Å². The minimum atomic E-state index is -0.735. The SMILES string of the molecule is CCc1cccc(CNCC(OC(=O)CCCC(=O)Nc2ccccc2)C(N)Cc2cc(F)cc(F)c2)c1. The summed E-state index contributed by atoms with van der Waals surface area (Å²) < 4.78 is 33.0. The van der Waals surface area contributed by atoms with Crippen molar-refractivity contribution in [2.24, 2.45) is 5.73 Å². The number of aryl methyl sites for hydroxylation is 1. The van der Waals surface area contributed by atoms with Crippen molar-refractivity contribution in [3.63, 3.8) is 0 Å². The second kappa shape index (κ2) is 15.0. The lowest BCUT2D eigenvalue weighted by Crippen LogP contribution is -2.46. The smallest absolute Gasteiger partial charge is 0.306 e. The molecule has 38 heavy (non-hydrogen) atoms. The minimum Gasteiger partial charge on any atom is -0.459 e. The fourth-order valence-electron chi connectivity index (χ4n) is 4.10. The lowest BCUT2D eigenvalue weighted by atomic mass is 10.0. The molecule has 2 unspecified atom stereocenters. The van der Waals surface area contributed by atoms with Gasteiger partial charge in [-0.1, -0.05) is 49.4 Å². The van der Waals surface area contributed by atoms with E-state index in [0.29, 0.717) is 24.2 Å². The molecule has 0 aliphatic heterocycles. The highest BCUT2D eigenvalue weighted by Gasteiger charge is 2.23. The minimum absolute atomic E-state index is 0.0402. The Bertz CT molecular complexity index is 1170. The van der Waals surface area contributed by atoms with Crippen LogP contribution in [-0.4, -0.2) is 30.6 Å². The maximum absolute atomic E-state index is 13.7. The zero-order chi connectivity index (χ0) is 27.3. The third-order valence-corrected chi connectivity index (χ3v) is 6.07. The summed E-state index contributed by atoms with van der Waals surface area (Å²) in [5.41, 5.74) is 9.73. The van der Waals surface area contributed by atoms with E-state index < -0.39 is 29.7 Å². The average molecular weight is 524 g/mol. The van der Waals surface area contributed by atoms with Gasteiger partial charge in [-0.25, -0.2) is 8.78 Å². The maximum Gasteiger partial charge on any atom is 0.306 e. The van der Waals surface area contributed by atoms with Crippen molar-refractivity contribution in [3.8, 4) is 0 Å². The summed E-state index contributed by atoms with van der Waals surface area (Å²) in [6, 6.07) is 19.8. The molecule has 4 N–H and O–H groups in total. The summed E-state index contributed by atoms with van der Waals surface area (Å²) in [7, 11) is 0. The molecule has 0 bridgehead atoms. The van der Waals surface area contributed by atoms with Crippen LogP contribution in [0.4, 0.5) is 14.5 Å². The second-order valence-corrected chi connectivity index (χ2v) is 9.25. The predicted molar refractivity (Wildman–Crippen MR) is 144 cm³/mol. The van der Waals surface area contributed by atoms with Crippen molar-refractivity contribution in [1.29, 1.82) is 0 Å². The van der Waals surface area contributed by atoms with E-state index in [2.05, 4.69) is 29.7 Å². The van der Waals surface area contributed by atoms with Gasteiger partial charge in [-0.15, -0.1) is 0 Å². The highest BCUT2D eigenvalue weighted by atomic mass is 19.1. The lowest BCUT2D eigenvalue weighted by molar-refractivity contribution is -0.150. The van der Waals surface area contributed by atoms with Crippen LogP contribution in [0.3, 0.4) is 0 Å². The van der Waals surface area contributed by atoms with Crippen LogP contribution in [0, 0.1) is 11.6 Å². The van der Waals surface area contributed by atoms with Gasteiger partial charge in [-0.2, -0.15) is 0 Å². The first-order valence-corrected chi connectivity index (χ1v) is 12.9. The van der Waals surface area contributed by atoms with Gasteiger partial charge in [0, 0.05) is 43.7 Å². The molecule has 3 aromatic carbocycles. The van der Waals surface area contributed by atoms with E-state index in [-0.39, 0.29) is 31.7 Å². The number of hydrogen-bond donors (Lipinski definition) is 3. The predicted octanol–water partition coefficient (Wildman–Crippen LogP) is 4.91. The van der Waals surface area contributed by atoms with E-state index in [1.54, 1.807) is 12.1 Å². The van der Waals surface area contributed by atoms with Crippen LogP contribution in [0.1, 0.15) is 42.9 Å². The average Bonchev–Trinajstić information content (AvgIpc) is 2.88. The highest BCUT2D eigenvalue weighted by Crippen LogP contribution is 2.14. The van der Waals surface area contributed by atoms with Crippen LogP contribution >= 0.6 is 0 Å². The molecule has 0 heterocycles. The third-order valence-electron chi connectivity index (χ3n) is 6.07. The summed E-state index contributed by atoms with van der Waals surface area (Å²) in [5, 5.41) is 6.06. The van der Waals surface area contributed by atoms with Crippen molar-refractivity contribution in [1.82, 2.24) is 5.32 Å². The first kappa shape index (κ1) is 28.9. The number of para-hydroxylation sites is 1. The van der Waals surface area contributed by atoms with Gasteiger partial charge in [-0.05, 0) is 60.2 Å². The number of esters is 1. The topological polar surface area (TPSA) is 93.4 Å². The Labute approximate surface area is 222 Å². The number of amides is 1. The van der Waals surface area contributed by atoms with Gasteiger partial charge >= 0.3 is 5.97 Å². The number of hydrogen-bond acceptors (Lipinski definition) is 5. The van der Waals surface area contributed by atoms with E-state index in [9.17, 15) is 18.4 Å². The maximum atomic E-state index is 13.7. The Morgan fingerprint density at radius 1 is 0.895 bits per heavy atom. The van der Waals surface area contributed by atoms with Gasteiger partial charge in [0.25, 0.3) is 0 Å². The molecule has 1 amide bonds. The molecule has 0 radical (unpaired) electrons. The third kappa shape index (κ3) is 10.0. The van der Waals surface area contributed by atoms with E-state index in [1.165, 1.54) is 17.7 Å². The summed E-state index contributed by atoms with van der Waals surface area (Å²) in [4.78, 5) is 24.8. The molecule has 0 fully saturated rings. The number of carbonyl (C=O) groups excluding carboxylic acids is 2. The van der Waals surface area contributed by atoms with E-state index >= 15 is 0 Å². The molecule has 0 aromatic heterocycles. The zero-order valence-corrected chi connectivity index (χ0v) is 21.6. The monoisotopic (exact) mass is 523 g/mol. The van der Waals surface area contributed by atoms with Crippen LogP contribution in [0.25, 0.3) is 0 Å². The van der Waals surface area contributed by atoms with Gasteiger partial charge in [0.2, 0.25) is 5.91 Å². The molecule has 0 aliphatic carbocycles. The first-order valence-electron chi connectivity index (χ1n) is 12.9. The number of carbonyl (C=O) groups is 2. The van der Waals surface area contributed by atoms with Gasteiger partial charge in [-0.3, -0.25) is 9.59 Å². The van der Waals surface area contributed by atoms with Gasteiger partial charge in [0.1, 0.15) is 17.7 Å². The number of benzene rings is 3. The molecule has 3 aromatic rings. The number of anilines is 1. The van der Waals surface area contributed by atoms with Crippen molar-refractivity contribution in [2.75, 3.05) is 11.9 Å². The van der Waals surface area contributed by atoms with Gasteiger partial charge in [0.05, 0.1) is 0 Å². The number of ether oxygens (including phenoxy) is 1. The largest absolute Gasteiger partial charge is 0.459 e. The molecule has 6 nitrogen and oxygen atoms in total. The van der Waals surface area contributed by atoms with Crippen LogP contribution in [0.15, 0.2) is 72.8 Å². The molecular formula is C30H35F2N3O3. The Morgan fingerprint density at radius 3 is 2.32 bits per heavy atom. The van der Waals surface area contributed by atoms with Crippen molar-refractivity contribution >= 4 is 17.6 Å².